The summed E-state index contributed by atoms with van der Waals surface area (Å²) in [6.45, 7) is 2.30. The fraction of sp³-hybridized carbons (Fsp3) is 1.00. The summed E-state index contributed by atoms with van der Waals surface area (Å²) in [6, 6.07) is 0. The monoisotopic (exact) mass is 216 g/mol. The molecule has 3 unspecified atom stereocenters. The molecule has 2 rings (SSSR count). The van der Waals surface area contributed by atoms with Crippen LogP contribution < -0.4 is 0 Å². The molecule has 1 spiro atoms. The van der Waals surface area contributed by atoms with Gasteiger partial charge in [0.25, 0.3) is 0 Å². The van der Waals surface area contributed by atoms with Gasteiger partial charge < -0.3 is 0 Å². The van der Waals surface area contributed by atoms with Crippen LogP contribution in [0.5, 0.6) is 0 Å². The van der Waals surface area contributed by atoms with E-state index in [0.29, 0.717) is 0 Å². The molecule has 0 N–H and O–H groups in total. The van der Waals surface area contributed by atoms with Gasteiger partial charge in [-0.3, -0.25) is 0 Å². The number of alkyl halides is 1. The van der Waals surface area contributed by atoms with Crippen LogP contribution in [0.4, 0.5) is 0 Å². The summed E-state index contributed by atoms with van der Waals surface area (Å²) in [7, 11) is 0. The Morgan fingerprint density at radius 2 is 2.09 bits per heavy atom. The maximum absolute atomic E-state index is 3.59. The Labute approximate surface area is 77.9 Å². The van der Waals surface area contributed by atoms with Crippen LogP contribution in [-0.2, 0) is 0 Å². The van der Waals surface area contributed by atoms with E-state index in [1.165, 1.54) is 31.0 Å². The third-order valence-corrected chi connectivity index (χ3v) is 4.43. The van der Waals surface area contributed by atoms with Crippen molar-refractivity contribution in [1.82, 2.24) is 0 Å². The van der Waals surface area contributed by atoms with Gasteiger partial charge in [-0.1, -0.05) is 35.7 Å². The van der Waals surface area contributed by atoms with E-state index < -0.39 is 0 Å². The molecular formula is C10H17Br. The van der Waals surface area contributed by atoms with Crippen molar-refractivity contribution in [3.05, 3.63) is 0 Å². The average Bonchev–Trinajstić information content (AvgIpc) is 2.89. The van der Waals surface area contributed by atoms with Gasteiger partial charge in [0.05, 0.1) is 0 Å². The highest BCUT2D eigenvalue weighted by Crippen LogP contribution is 2.76. The maximum Gasteiger partial charge on any atom is 0.00652 e. The van der Waals surface area contributed by atoms with Gasteiger partial charge in [0.2, 0.25) is 0 Å². The molecule has 0 aliphatic heterocycles. The van der Waals surface area contributed by atoms with Crippen molar-refractivity contribution < 1.29 is 0 Å². The van der Waals surface area contributed by atoms with E-state index in [-0.39, 0.29) is 0 Å². The second-order valence-corrected chi connectivity index (χ2v) is 4.98. The SMILES string of the molecule is CCCCC1CC12CC2CBr. The Morgan fingerprint density at radius 3 is 2.64 bits per heavy atom. The van der Waals surface area contributed by atoms with Gasteiger partial charge in [0.15, 0.2) is 0 Å². The molecule has 0 aromatic heterocycles. The molecule has 0 heterocycles. The second-order valence-electron chi connectivity index (χ2n) is 4.33. The largest absolute Gasteiger partial charge is 0.0925 e. The standard InChI is InChI=1S/C10H17Br/c1-2-3-4-8-5-10(8)6-9(10)7-11/h8-9H,2-7H2,1H3. The van der Waals surface area contributed by atoms with Gasteiger partial charge in [-0.25, -0.2) is 0 Å². The van der Waals surface area contributed by atoms with Crippen LogP contribution in [0, 0.1) is 17.3 Å². The molecular weight excluding hydrogens is 200 g/mol. The molecule has 0 saturated heterocycles. The van der Waals surface area contributed by atoms with Gasteiger partial charge >= 0.3 is 0 Å². The van der Waals surface area contributed by atoms with E-state index in [4.69, 9.17) is 0 Å². The summed E-state index contributed by atoms with van der Waals surface area (Å²) in [5.41, 5.74) is 0.888. The lowest BCUT2D eigenvalue weighted by Gasteiger charge is -1.94. The molecule has 0 amide bonds. The van der Waals surface area contributed by atoms with E-state index in [0.717, 1.165) is 17.3 Å². The number of hydrogen-bond acceptors (Lipinski definition) is 0. The summed E-state index contributed by atoms with van der Waals surface area (Å²) in [5.74, 6) is 2.19. The number of unbranched alkanes of at least 4 members (excludes halogenated alkanes) is 1. The van der Waals surface area contributed by atoms with Crippen molar-refractivity contribution in [3.63, 3.8) is 0 Å². The number of halogens is 1. The smallest absolute Gasteiger partial charge is 0.00652 e. The molecule has 0 aromatic rings. The first-order chi connectivity index (χ1) is 5.33. The summed E-state index contributed by atoms with van der Waals surface area (Å²) >= 11 is 3.59. The fourth-order valence-electron chi connectivity index (χ4n) is 2.60. The van der Waals surface area contributed by atoms with Crippen LogP contribution in [0.1, 0.15) is 39.0 Å². The zero-order valence-electron chi connectivity index (χ0n) is 7.28. The number of rotatable bonds is 4. The highest BCUT2D eigenvalue weighted by atomic mass is 79.9. The van der Waals surface area contributed by atoms with Crippen LogP contribution in [0.25, 0.3) is 0 Å². The van der Waals surface area contributed by atoms with E-state index in [1.807, 2.05) is 0 Å². The topological polar surface area (TPSA) is 0 Å². The third kappa shape index (κ3) is 1.26. The van der Waals surface area contributed by atoms with Gasteiger partial charge in [-0.2, -0.15) is 0 Å². The molecule has 2 saturated carbocycles. The van der Waals surface area contributed by atoms with Gasteiger partial charge in [0, 0.05) is 5.33 Å². The van der Waals surface area contributed by atoms with Crippen molar-refractivity contribution in [2.24, 2.45) is 17.3 Å². The minimum absolute atomic E-state index is 0.888. The lowest BCUT2D eigenvalue weighted by molar-refractivity contribution is 0.580. The Kier molecular flexibility index (Phi) is 2.03. The van der Waals surface area contributed by atoms with Crippen LogP contribution in [0.2, 0.25) is 0 Å². The average molecular weight is 217 g/mol. The Hall–Kier alpha value is 0.480. The molecule has 0 radical (unpaired) electrons. The normalized spacial score (nSPS) is 46.4. The quantitative estimate of drug-likeness (QED) is 0.631. The van der Waals surface area contributed by atoms with Crippen LogP contribution in [0.15, 0.2) is 0 Å². The van der Waals surface area contributed by atoms with Gasteiger partial charge in [-0.05, 0) is 36.5 Å². The molecule has 2 fully saturated rings. The minimum atomic E-state index is 0.888. The first-order valence-corrected chi connectivity index (χ1v) is 6.01. The first-order valence-electron chi connectivity index (χ1n) is 4.89. The Morgan fingerprint density at radius 1 is 1.36 bits per heavy atom. The Bertz CT molecular complexity index is 155. The van der Waals surface area contributed by atoms with E-state index in [9.17, 15) is 0 Å². The van der Waals surface area contributed by atoms with E-state index in [2.05, 4.69) is 22.9 Å². The predicted octanol–water partition coefficient (Wildman–Crippen LogP) is 3.60. The molecule has 11 heavy (non-hydrogen) atoms. The van der Waals surface area contributed by atoms with Crippen molar-refractivity contribution in [2.75, 3.05) is 5.33 Å². The maximum atomic E-state index is 3.59. The van der Waals surface area contributed by atoms with Crippen LogP contribution in [0.3, 0.4) is 0 Å². The van der Waals surface area contributed by atoms with Crippen molar-refractivity contribution in [1.29, 1.82) is 0 Å². The van der Waals surface area contributed by atoms with Crippen molar-refractivity contribution >= 4 is 15.9 Å². The van der Waals surface area contributed by atoms with E-state index in [1.54, 1.807) is 6.42 Å². The molecule has 0 aromatic carbocycles. The summed E-state index contributed by atoms with van der Waals surface area (Å²) in [5, 5.41) is 1.26. The minimum Gasteiger partial charge on any atom is -0.0925 e. The summed E-state index contributed by atoms with van der Waals surface area (Å²) < 4.78 is 0. The zero-order valence-corrected chi connectivity index (χ0v) is 8.86. The van der Waals surface area contributed by atoms with Gasteiger partial charge in [-0.15, -0.1) is 0 Å². The molecule has 3 atom stereocenters. The lowest BCUT2D eigenvalue weighted by atomic mass is 10.1. The van der Waals surface area contributed by atoms with Crippen LogP contribution in [-0.4, -0.2) is 5.33 Å². The lowest BCUT2D eigenvalue weighted by Crippen LogP contribution is -1.86. The highest BCUT2D eigenvalue weighted by Gasteiger charge is 2.68. The van der Waals surface area contributed by atoms with Crippen LogP contribution >= 0.6 is 15.9 Å². The molecule has 0 nitrogen and oxygen atoms in total. The highest BCUT2D eigenvalue weighted by molar-refractivity contribution is 9.09. The molecule has 0 bridgehead atoms. The predicted molar refractivity (Wildman–Crippen MR) is 52.0 cm³/mol. The molecule has 64 valence electrons. The van der Waals surface area contributed by atoms with Crippen molar-refractivity contribution in [3.8, 4) is 0 Å². The van der Waals surface area contributed by atoms with Crippen molar-refractivity contribution in [2.45, 2.75) is 39.0 Å². The summed E-state index contributed by atoms with van der Waals surface area (Å²) in [6.07, 6.45) is 7.45. The molecule has 1 heteroatoms. The summed E-state index contributed by atoms with van der Waals surface area (Å²) in [4.78, 5) is 0. The first kappa shape index (κ1) is 8.10. The van der Waals surface area contributed by atoms with Gasteiger partial charge in [0.1, 0.15) is 0 Å². The fourth-order valence-corrected chi connectivity index (χ4v) is 3.47. The molecule has 2 aliphatic rings. The molecule has 2 aliphatic carbocycles. The second kappa shape index (κ2) is 2.76. The number of hydrogen-bond donors (Lipinski definition) is 0. The zero-order chi connectivity index (χ0) is 7.90. The Balaban J connectivity index is 1.71. The van der Waals surface area contributed by atoms with E-state index >= 15 is 0 Å². The third-order valence-electron chi connectivity index (χ3n) is 3.65.